The van der Waals surface area contributed by atoms with Crippen LogP contribution in [-0.4, -0.2) is 24.7 Å². The fourth-order valence-corrected chi connectivity index (χ4v) is 1.30. The number of benzene rings is 1. The topological polar surface area (TPSA) is 58.6 Å². The molecular formula is C12H17NO3. The van der Waals surface area contributed by atoms with Gasteiger partial charge in [-0.3, -0.25) is 4.79 Å². The van der Waals surface area contributed by atoms with Crippen LogP contribution in [0.4, 0.5) is 0 Å². The van der Waals surface area contributed by atoms with Gasteiger partial charge in [-0.1, -0.05) is 13.3 Å². The Hall–Kier alpha value is -1.71. The summed E-state index contributed by atoms with van der Waals surface area (Å²) < 4.78 is 4.99. The lowest BCUT2D eigenvalue weighted by Gasteiger charge is -2.07. The molecule has 0 aliphatic rings. The van der Waals surface area contributed by atoms with Crippen LogP contribution in [0, 0.1) is 0 Å². The van der Waals surface area contributed by atoms with Crippen molar-refractivity contribution in [3.8, 4) is 11.5 Å². The van der Waals surface area contributed by atoms with Crippen molar-refractivity contribution in [3.05, 3.63) is 23.8 Å². The number of nitrogens with one attached hydrogen (secondary N) is 1. The minimum Gasteiger partial charge on any atom is -0.507 e. The van der Waals surface area contributed by atoms with Crippen molar-refractivity contribution in [2.24, 2.45) is 0 Å². The summed E-state index contributed by atoms with van der Waals surface area (Å²) >= 11 is 0. The highest BCUT2D eigenvalue weighted by molar-refractivity contribution is 5.97. The van der Waals surface area contributed by atoms with Crippen LogP contribution in [0.15, 0.2) is 18.2 Å². The number of aromatic hydroxyl groups is 1. The molecule has 0 heterocycles. The zero-order valence-electron chi connectivity index (χ0n) is 9.62. The van der Waals surface area contributed by atoms with Crippen LogP contribution in [0.3, 0.4) is 0 Å². The van der Waals surface area contributed by atoms with E-state index in [1.165, 1.54) is 19.2 Å². The average molecular weight is 223 g/mol. The van der Waals surface area contributed by atoms with Gasteiger partial charge in [-0.2, -0.15) is 0 Å². The number of unbranched alkanes of at least 4 members (excludes halogenated alkanes) is 1. The third kappa shape index (κ3) is 3.15. The molecule has 0 saturated carbocycles. The maximum atomic E-state index is 11.7. The number of phenolic OH excluding ortho intramolecular Hbond substituents is 1. The van der Waals surface area contributed by atoms with Gasteiger partial charge < -0.3 is 15.2 Å². The molecule has 1 aromatic carbocycles. The zero-order valence-corrected chi connectivity index (χ0v) is 9.62. The van der Waals surface area contributed by atoms with Crippen LogP contribution in [0.5, 0.6) is 11.5 Å². The Bertz CT molecular complexity index is 363. The van der Waals surface area contributed by atoms with E-state index in [-0.39, 0.29) is 17.2 Å². The molecule has 1 aromatic rings. The Morgan fingerprint density at radius 3 is 2.88 bits per heavy atom. The highest BCUT2D eigenvalue weighted by Crippen LogP contribution is 2.22. The fourth-order valence-electron chi connectivity index (χ4n) is 1.30. The standard InChI is InChI=1S/C12H17NO3/c1-3-4-7-13-12(15)10-8-9(16-2)5-6-11(10)14/h5-6,8,14H,3-4,7H2,1-2H3,(H,13,15). The van der Waals surface area contributed by atoms with E-state index >= 15 is 0 Å². The van der Waals surface area contributed by atoms with E-state index in [1.54, 1.807) is 6.07 Å². The monoisotopic (exact) mass is 223 g/mol. The van der Waals surface area contributed by atoms with Crippen molar-refractivity contribution in [1.82, 2.24) is 5.32 Å². The molecule has 0 radical (unpaired) electrons. The lowest BCUT2D eigenvalue weighted by molar-refractivity contribution is 0.0950. The molecule has 16 heavy (non-hydrogen) atoms. The average Bonchev–Trinajstić information content (AvgIpc) is 2.30. The molecule has 0 aliphatic carbocycles. The van der Waals surface area contributed by atoms with Crippen LogP contribution in [0.1, 0.15) is 30.1 Å². The van der Waals surface area contributed by atoms with Crippen LogP contribution >= 0.6 is 0 Å². The molecule has 0 aromatic heterocycles. The van der Waals surface area contributed by atoms with E-state index < -0.39 is 0 Å². The second kappa shape index (κ2) is 6.00. The summed E-state index contributed by atoms with van der Waals surface area (Å²) in [5, 5.41) is 12.3. The summed E-state index contributed by atoms with van der Waals surface area (Å²) in [5.74, 6) is 0.248. The van der Waals surface area contributed by atoms with E-state index in [2.05, 4.69) is 12.2 Å². The predicted octanol–water partition coefficient (Wildman–Crippen LogP) is 1.93. The van der Waals surface area contributed by atoms with Crippen molar-refractivity contribution in [3.63, 3.8) is 0 Å². The molecule has 0 saturated heterocycles. The highest BCUT2D eigenvalue weighted by Gasteiger charge is 2.11. The first-order valence-electron chi connectivity index (χ1n) is 5.34. The Kier molecular flexibility index (Phi) is 4.64. The lowest BCUT2D eigenvalue weighted by Crippen LogP contribution is -2.24. The van der Waals surface area contributed by atoms with Crippen LogP contribution in [-0.2, 0) is 0 Å². The SMILES string of the molecule is CCCCNC(=O)c1cc(OC)ccc1O. The first-order valence-corrected chi connectivity index (χ1v) is 5.34. The number of amides is 1. The second-order valence-electron chi connectivity index (χ2n) is 3.49. The number of carbonyl (C=O) groups excluding carboxylic acids is 1. The van der Waals surface area contributed by atoms with E-state index in [0.29, 0.717) is 12.3 Å². The van der Waals surface area contributed by atoms with Crippen LogP contribution in [0.25, 0.3) is 0 Å². The minimum absolute atomic E-state index is 0.0326. The predicted molar refractivity (Wildman–Crippen MR) is 61.9 cm³/mol. The van der Waals surface area contributed by atoms with Gasteiger partial charge in [0.25, 0.3) is 5.91 Å². The molecule has 1 rings (SSSR count). The molecule has 0 spiro atoms. The fraction of sp³-hybridized carbons (Fsp3) is 0.417. The number of hydrogen-bond donors (Lipinski definition) is 2. The summed E-state index contributed by atoms with van der Waals surface area (Å²) in [6, 6.07) is 4.59. The van der Waals surface area contributed by atoms with Gasteiger partial charge in [0.2, 0.25) is 0 Å². The van der Waals surface area contributed by atoms with Gasteiger partial charge in [0, 0.05) is 6.54 Å². The van der Waals surface area contributed by atoms with Crippen molar-refractivity contribution >= 4 is 5.91 Å². The number of methoxy groups -OCH3 is 1. The summed E-state index contributed by atoms with van der Waals surface area (Å²) in [7, 11) is 1.52. The van der Waals surface area contributed by atoms with E-state index in [4.69, 9.17) is 4.74 Å². The Morgan fingerprint density at radius 1 is 1.50 bits per heavy atom. The second-order valence-corrected chi connectivity index (χ2v) is 3.49. The van der Waals surface area contributed by atoms with E-state index in [1.807, 2.05) is 0 Å². The minimum atomic E-state index is -0.273. The summed E-state index contributed by atoms with van der Waals surface area (Å²) in [6.07, 6.45) is 1.95. The molecule has 88 valence electrons. The van der Waals surface area contributed by atoms with Gasteiger partial charge in [-0.25, -0.2) is 0 Å². The quantitative estimate of drug-likeness (QED) is 0.750. The number of ether oxygens (including phenoxy) is 1. The van der Waals surface area contributed by atoms with Gasteiger partial charge >= 0.3 is 0 Å². The molecule has 1 amide bonds. The number of phenols is 1. The van der Waals surface area contributed by atoms with Gasteiger partial charge in [-0.15, -0.1) is 0 Å². The maximum Gasteiger partial charge on any atom is 0.255 e. The maximum absolute atomic E-state index is 11.7. The summed E-state index contributed by atoms with van der Waals surface area (Å²) in [6.45, 7) is 2.67. The zero-order chi connectivity index (χ0) is 12.0. The van der Waals surface area contributed by atoms with Gasteiger partial charge in [0.1, 0.15) is 11.5 Å². The smallest absolute Gasteiger partial charge is 0.255 e. The van der Waals surface area contributed by atoms with Gasteiger partial charge in [0.15, 0.2) is 0 Å². The number of carbonyl (C=O) groups is 1. The lowest BCUT2D eigenvalue weighted by atomic mass is 10.1. The summed E-state index contributed by atoms with van der Waals surface area (Å²) in [4.78, 5) is 11.7. The van der Waals surface area contributed by atoms with Crippen LogP contribution < -0.4 is 10.1 Å². The molecule has 4 heteroatoms. The molecule has 2 N–H and O–H groups in total. The Balaban J connectivity index is 2.73. The Labute approximate surface area is 95.2 Å². The molecular weight excluding hydrogens is 206 g/mol. The third-order valence-corrected chi connectivity index (χ3v) is 2.26. The molecule has 0 fully saturated rings. The van der Waals surface area contributed by atoms with Gasteiger partial charge in [0.05, 0.1) is 12.7 Å². The molecule has 0 aliphatic heterocycles. The largest absolute Gasteiger partial charge is 0.507 e. The van der Waals surface area contributed by atoms with Crippen molar-refractivity contribution in [2.45, 2.75) is 19.8 Å². The van der Waals surface area contributed by atoms with Crippen molar-refractivity contribution < 1.29 is 14.6 Å². The molecule has 0 bridgehead atoms. The van der Waals surface area contributed by atoms with Crippen molar-refractivity contribution in [1.29, 1.82) is 0 Å². The molecule has 0 unspecified atom stereocenters. The Morgan fingerprint density at radius 2 is 2.25 bits per heavy atom. The van der Waals surface area contributed by atoms with E-state index in [9.17, 15) is 9.90 Å². The molecule has 0 atom stereocenters. The first-order chi connectivity index (χ1) is 7.69. The summed E-state index contributed by atoms with van der Waals surface area (Å²) in [5.41, 5.74) is 0.246. The van der Waals surface area contributed by atoms with Crippen molar-refractivity contribution in [2.75, 3.05) is 13.7 Å². The number of rotatable bonds is 5. The number of hydrogen-bond acceptors (Lipinski definition) is 3. The van der Waals surface area contributed by atoms with Crippen LogP contribution in [0.2, 0.25) is 0 Å². The van der Waals surface area contributed by atoms with Gasteiger partial charge in [-0.05, 0) is 24.6 Å². The normalized spacial score (nSPS) is 9.88. The highest BCUT2D eigenvalue weighted by atomic mass is 16.5. The third-order valence-electron chi connectivity index (χ3n) is 2.26. The first kappa shape index (κ1) is 12.4. The van der Waals surface area contributed by atoms with E-state index in [0.717, 1.165) is 12.8 Å². The molecule has 4 nitrogen and oxygen atoms in total.